The summed E-state index contributed by atoms with van der Waals surface area (Å²) in [5, 5.41) is 8.51. The van der Waals surface area contributed by atoms with Crippen LogP contribution in [0.15, 0.2) is 42.9 Å². The van der Waals surface area contributed by atoms with Crippen LogP contribution in [0.2, 0.25) is 0 Å². The molecule has 0 bridgehead atoms. The fourth-order valence-corrected chi connectivity index (χ4v) is 7.43. The van der Waals surface area contributed by atoms with Gasteiger partial charge in [0.2, 0.25) is 23.5 Å². The van der Waals surface area contributed by atoms with Crippen molar-refractivity contribution in [1.82, 2.24) is 30.8 Å². The fourth-order valence-electron chi connectivity index (χ4n) is 7.43. The average Bonchev–Trinajstić information content (AvgIpc) is 3.33. The molecule has 0 radical (unpaired) electrons. The lowest BCUT2D eigenvalue weighted by atomic mass is 9.80. The molecule has 2 saturated carbocycles. The minimum atomic E-state index is -1.11. The monoisotopic (exact) mass is 661 g/mol. The van der Waals surface area contributed by atoms with Crippen molar-refractivity contribution in [3.05, 3.63) is 48.6 Å². The summed E-state index contributed by atoms with van der Waals surface area (Å²) in [5.41, 5.74) is 4.39. The molecule has 13 nitrogen and oxygen atoms in total. The second-order valence-corrected chi connectivity index (χ2v) is 15.3. The van der Waals surface area contributed by atoms with Crippen LogP contribution in [-0.4, -0.2) is 80.9 Å². The molecule has 1 aliphatic heterocycles. The molecule has 1 saturated heterocycles. The smallest absolute Gasteiger partial charge is 0.287 e. The first kappa shape index (κ1) is 34.9. The standard InChI is InChI=1S/C35H47N7O6/c1-34(2,3)28(41-31(46)25(20-12-7-6-8-13-20)40-30(45)23-17-37-14-15-38-23)33(48)42-18-21-24(35(21,4)5)26(42)32(47)39-22(27(43)29(36)44)16-19-10-9-11-19/h6-8,12,14-15,17,19-22,24-26,28H,9-11,13,16,18H2,1-5H3,(H2,36,44)(H,39,47)(H,40,45)(H,41,46)/t20?,21-,22?,24-,25-,26-,28+/m0/s1. The van der Waals surface area contributed by atoms with Crippen LogP contribution in [0.1, 0.15) is 77.2 Å². The van der Waals surface area contributed by atoms with E-state index >= 15 is 0 Å². The maximum absolute atomic E-state index is 14.5. The van der Waals surface area contributed by atoms with Crippen LogP contribution >= 0.6 is 0 Å². The molecule has 0 aromatic carbocycles. The number of fused-ring (bicyclic) bond motifs is 1. The van der Waals surface area contributed by atoms with Gasteiger partial charge in [0.05, 0.1) is 12.2 Å². The molecule has 7 atom stereocenters. The van der Waals surface area contributed by atoms with Gasteiger partial charge in [-0.05, 0) is 41.4 Å². The molecule has 3 aliphatic carbocycles. The third-order valence-electron chi connectivity index (χ3n) is 10.6. The molecule has 0 spiro atoms. The molecule has 13 heteroatoms. The Balaban J connectivity index is 1.38. The Morgan fingerprint density at radius 1 is 1.04 bits per heavy atom. The molecular weight excluding hydrogens is 614 g/mol. The normalized spacial score (nSPS) is 25.9. The van der Waals surface area contributed by atoms with Gasteiger partial charge in [-0.3, -0.25) is 33.8 Å². The second-order valence-electron chi connectivity index (χ2n) is 15.3. The predicted molar refractivity (Wildman–Crippen MR) is 175 cm³/mol. The van der Waals surface area contributed by atoms with Gasteiger partial charge in [0.15, 0.2) is 0 Å². The summed E-state index contributed by atoms with van der Waals surface area (Å²) in [6.45, 7) is 9.86. The van der Waals surface area contributed by atoms with Crippen molar-refractivity contribution in [3.8, 4) is 0 Å². The average molecular weight is 662 g/mol. The zero-order valence-corrected chi connectivity index (χ0v) is 28.3. The number of rotatable bonds is 12. The lowest BCUT2D eigenvalue weighted by Crippen LogP contribution is -2.62. The topological polar surface area (TPSA) is 194 Å². The SMILES string of the molecule is CC(C)(C)[C@H](NC(=O)[C@@H](NC(=O)c1cnccn1)C1C=CC=CC1)C(=O)N1C[C@H]2[C@@H]([C@H]1C(=O)NC(CC1CCC1)C(=O)C(N)=O)C2(C)C. The number of hydrogen-bond acceptors (Lipinski definition) is 8. The minimum Gasteiger partial charge on any atom is -0.363 e. The van der Waals surface area contributed by atoms with Crippen molar-refractivity contribution in [2.45, 2.75) is 90.9 Å². The van der Waals surface area contributed by atoms with E-state index in [1.165, 1.54) is 23.5 Å². The first-order valence-corrected chi connectivity index (χ1v) is 16.8. The Morgan fingerprint density at radius 3 is 2.33 bits per heavy atom. The Bertz CT molecular complexity index is 1510. The number of likely N-dealkylation sites (tertiary alicyclic amines) is 1. The first-order chi connectivity index (χ1) is 22.6. The third-order valence-corrected chi connectivity index (χ3v) is 10.6. The van der Waals surface area contributed by atoms with E-state index in [0.29, 0.717) is 19.4 Å². The summed E-state index contributed by atoms with van der Waals surface area (Å²) in [5.74, 6) is -4.33. The maximum Gasteiger partial charge on any atom is 0.287 e. The number of carbonyl (C=O) groups is 6. The molecule has 3 fully saturated rings. The number of primary amides is 1. The quantitative estimate of drug-likeness (QED) is 0.242. The molecular formula is C35H47N7O6. The largest absolute Gasteiger partial charge is 0.363 e. The molecule has 5 amide bonds. The number of nitrogens with zero attached hydrogens (tertiary/aromatic N) is 3. The van der Waals surface area contributed by atoms with Crippen molar-refractivity contribution in [3.63, 3.8) is 0 Å². The molecule has 48 heavy (non-hydrogen) atoms. The Hall–Kier alpha value is -4.42. The number of hydrogen-bond donors (Lipinski definition) is 4. The molecule has 2 heterocycles. The van der Waals surface area contributed by atoms with E-state index in [1.807, 2.05) is 52.8 Å². The molecule has 5 rings (SSSR count). The molecule has 258 valence electrons. The summed E-state index contributed by atoms with van der Waals surface area (Å²) in [7, 11) is 0. The number of allylic oxidation sites excluding steroid dienone is 3. The van der Waals surface area contributed by atoms with Crippen LogP contribution < -0.4 is 21.7 Å². The van der Waals surface area contributed by atoms with Gasteiger partial charge in [-0.1, -0.05) is 78.2 Å². The number of nitrogens with one attached hydrogen (secondary N) is 3. The maximum atomic E-state index is 14.5. The van der Waals surface area contributed by atoms with Gasteiger partial charge in [0, 0.05) is 24.9 Å². The van der Waals surface area contributed by atoms with E-state index in [2.05, 4.69) is 25.9 Å². The van der Waals surface area contributed by atoms with Crippen molar-refractivity contribution in [2.75, 3.05) is 6.54 Å². The van der Waals surface area contributed by atoms with Crippen molar-refractivity contribution >= 4 is 35.3 Å². The summed E-state index contributed by atoms with van der Waals surface area (Å²) in [4.78, 5) is 89.8. The van der Waals surface area contributed by atoms with Gasteiger partial charge in [-0.25, -0.2) is 4.98 Å². The number of ketones is 1. The zero-order chi connectivity index (χ0) is 35.0. The summed E-state index contributed by atoms with van der Waals surface area (Å²) < 4.78 is 0. The lowest BCUT2D eigenvalue weighted by molar-refractivity contribution is -0.146. The fraction of sp³-hybridized carbons (Fsp3) is 0.600. The van der Waals surface area contributed by atoms with E-state index in [4.69, 9.17) is 5.73 Å². The first-order valence-electron chi connectivity index (χ1n) is 16.8. The summed E-state index contributed by atoms with van der Waals surface area (Å²) >= 11 is 0. The van der Waals surface area contributed by atoms with Crippen molar-refractivity contribution in [1.29, 1.82) is 0 Å². The van der Waals surface area contributed by atoms with Crippen molar-refractivity contribution in [2.24, 2.45) is 40.2 Å². The number of amides is 5. The molecule has 4 aliphatic rings. The van der Waals surface area contributed by atoms with E-state index < -0.39 is 64.9 Å². The predicted octanol–water partition coefficient (Wildman–Crippen LogP) is 1.45. The highest BCUT2D eigenvalue weighted by Crippen LogP contribution is 2.65. The van der Waals surface area contributed by atoms with Crippen LogP contribution in [0.5, 0.6) is 0 Å². The Morgan fingerprint density at radius 2 is 1.77 bits per heavy atom. The number of carbonyl (C=O) groups excluding carboxylic acids is 6. The molecule has 1 aromatic rings. The van der Waals surface area contributed by atoms with Gasteiger partial charge >= 0.3 is 0 Å². The van der Waals surface area contributed by atoms with E-state index in [9.17, 15) is 28.8 Å². The summed E-state index contributed by atoms with van der Waals surface area (Å²) in [6.07, 6.45) is 15.2. The number of piperidine rings is 1. The van der Waals surface area contributed by atoms with Crippen LogP contribution in [0, 0.1) is 34.5 Å². The van der Waals surface area contributed by atoms with Crippen LogP contribution in [-0.2, 0) is 24.0 Å². The third kappa shape index (κ3) is 7.19. The van der Waals surface area contributed by atoms with E-state index in [1.54, 1.807) is 6.08 Å². The highest BCUT2D eigenvalue weighted by molar-refractivity contribution is 6.37. The van der Waals surface area contributed by atoms with E-state index in [0.717, 1.165) is 19.3 Å². The highest BCUT2D eigenvalue weighted by Gasteiger charge is 2.70. The second kappa shape index (κ2) is 13.6. The molecule has 2 unspecified atom stereocenters. The highest BCUT2D eigenvalue weighted by atomic mass is 16.2. The van der Waals surface area contributed by atoms with E-state index in [-0.39, 0.29) is 34.8 Å². The minimum absolute atomic E-state index is 0.0450. The molecule has 5 N–H and O–H groups in total. The Labute approximate surface area is 280 Å². The van der Waals surface area contributed by atoms with Gasteiger partial charge < -0.3 is 26.6 Å². The number of aromatic nitrogens is 2. The van der Waals surface area contributed by atoms with Gasteiger partial charge in [-0.15, -0.1) is 0 Å². The summed E-state index contributed by atoms with van der Waals surface area (Å²) in [6, 6.07) is -4.05. The Kier molecular flexibility index (Phi) is 9.89. The van der Waals surface area contributed by atoms with Gasteiger partial charge in [-0.2, -0.15) is 0 Å². The number of Topliss-reactive ketones (excluding diaryl/α,β-unsaturated/α-hetero) is 1. The van der Waals surface area contributed by atoms with Crippen LogP contribution in [0.3, 0.4) is 0 Å². The lowest BCUT2D eigenvalue weighted by Gasteiger charge is -2.39. The molecule has 1 aromatic heterocycles. The van der Waals surface area contributed by atoms with Gasteiger partial charge in [0.25, 0.3) is 11.8 Å². The van der Waals surface area contributed by atoms with Crippen LogP contribution in [0.4, 0.5) is 0 Å². The van der Waals surface area contributed by atoms with Gasteiger partial charge in [0.1, 0.15) is 23.8 Å². The van der Waals surface area contributed by atoms with Crippen molar-refractivity contribution < 1.29 is 28.8 Å². The van der Waals surface area contributed by atoms with Crippen LogP contribution in [0.25, 0.3) is 0 Å². The zero-order valence-electron chi connectivity index (χ0n) is 28.3. The number of nitrogens with two attached hydrogens (primary N) is 1.